The average molecular weight is 330 g/mol. The number of carbonyl (C=O) groups is 1. The first-order valence-corrected chi connectivity index (χ1v) is 8.16. The molecule has 0 aliphatic carbocycles. The smallest absolute Gasteiger partial charge is 0.276 e. The predicted molar refractivity (Wildman–Crippen MR) is 87.2 cm³/mol. The van der Waals surface area contributed by atoms with Gasteiger partial charge in [-0.1, -0.05) is 35.5 Å². The van der Waals surface area contributed by atoms with Crippen molar-refractivity contribution in [2.24, 2.45) is 5.92 Å². The molecule has 6 heteroatoms. The van der Waals surface area contributed by atoms with E-state index >= 15 is 0 Å². The van der Waals surface area contributed by atoms with Gasteiger partial charge in [0.1, 0.15) is 6.61 Å². The Morgan fingerprint density at radius 3 is 2.75 bits per heavy atom. The normalized spacial score (nSPS) is 17.0. The molecule has 1 aromatic carbocycles. The lowest BCUT2D eigenvalue weighted by atomic mass is 9.87. The highest BCUT2D eigenvalue weighted by atomic mass is 16.5. The second-order valence-electron chi connectivity index (χ2n) is 6.10. The summed E-state index contributed by atoms with van der Waals surface area (Å²) in [5, 5.41) is 14.3. The maximum absolute atomic E-state index is 12.5. The minimum absolute atomic E-state index is 0.131. The van der Waals surface area contributed by atoms with E-state index in [1.54, 1.807) is 18.1 Å². The van der Waals surface area contributed by atoms with Crippen LogP contribution in [0.4, 0.5) is 0 Å². The molecule has 2 heterocycles. The summed E-state index contributed by atoms with van der Waals surface area (Å²) in [7, 11) is 1.56. The number of hydrogen-bond acceptors (Lipinski definition) is 5. The Bertz CT molecular complexity index is 663. The first-order chi connectivity index (χ1) is 11.7. The molecule has 0 bridgehead atoms. The third-order valence-corrected chi connectivity index (χ3v) is 4.48. The number of likely N-dealkylation sites (tertiary alicyclic amines) is 1. The Morgan fingerprint density at radius 2 is 2.08 bits per heavy atom. The summed E-state index contributed by atoms with van der Waals surface area (Å²) >= 11 is 0. The molecule has 24 heavy (non-hydrogen) atoms. The molecule has 1 aliphatic rings. The summed E-state index contributed by atoms with van der Waals surface area (Å²) in [6.45, 7) is 1.52. The molecule has 1 aromatic heterocycles. The van der Waals surface area contributed by atoms with E-state index in [1.165, 1.54) is 0 Å². The minimum Gasteiger partial charge on any atom is -0.388 e. The zero-order valence-electron chi connectivity index (χ0n) is 13.7. The number of aliphatic hydroxyl groups excluding tert-OH is 1. The largest absolute Gasteiger partial charge is 0.388 e. The van der Waals surface area contributed by atoms with Crippen LogP contribution in [0.2, 0.25) is 0 Å². The van der Waals surface area contributed by atoms with Gasteiger partial charge in [-0.05, 0) is 24.3 Å². The van der Waals surface area contributed by atoms with Gasteiger partial charge in [0, 0.05) is 26.3 Å². The molecule has 2 aromatic rings. The lowest BCUT2D eigenvalue weighted by Crippen LogP contribution is -2.39. The summed E-state index contributed by atoms with van der Waals surface area (Å²) in [6.07, 6.45) is 1.05. The molecule has 1 amide bonds. The van der Waals surface area contributed by atoms with E-state index < -0.39 is 6.10 Å². The van der Waals surface area contributed by atoms with Crippen molar-refractivity contribution in [3.8, 4) is 0 Å². The SMILES string of the molecule is COCc1cc(C(=O)N2CCC(C(O)c3ccccc3)CC2)no1. The van der Waals surface area contributed by atoms with Crippen LogP contribution < -0.4 is 0 Å². The van der Waals surface area contributed by atoms with Gasteiger partial charge in [-0.15, -0.1) is 0 Å². The monoisotopic (exact) mass is 330 g/mol. The van der Waals surface area contributed by atoms with Crippen LogP contribution in [-0.2, 0) is 11.3 Å². The highest BCUT2D eigenvalue weighted by Gasteiger charge is 2.29. The number of nitrogens with zero attached hydrogens (tertiary/aromatic N) is 2. The van der Waals surface area contributed by atoms with Crippen molar-refractivity contribution in [1.82, 2.24) is 10.1 Å². The Hall–Kier alpha value is -2.18. The number of aromatic nitrogens is 1. The number of aliphatic hydroxyl groups is 1. The highest BCUT2D eigenvalue weighted by molar-refractivity contribution is 5.92. The number of carbonyl (C=O) groups excluding carboxylic acids is 1. The molecular weight excluding hydrogens is 308 g/mol. The van der Waals surface area contributed by atoms with Crippen molar-refractivity contribution in [1.29, 1.82) is 0 Å². The molecule has 3 rings (SSSR count). The van der Waals surface area contributed by atoms with Crippen molar-refractivity contribution in [3.63, 3.8) is 0 Å². The molecule has 1 unspecified atom stereocenters. The fraction of sp³-hybridized carbons (Fsp3) is 0.444. The topological polar surface area (TPSA) is 75.8 Å². The maximum Gasteiger partial charge on any atom is 0.276 e. The number of hydrogen-bond donors (Lipinski definition) is 1. The second kappa shape index (κ2) is 7.59. The van der Waals surface area contributed by atoms with E-state index in [2.05, 4.69) is 5.16 Å². The van der Waals surface area contributed by atoms with Gasteiger partial charge in [0.15, 0.2) is 11.5 Å². The lowest BCUT2D eigenvalue weighted by molar-refractivity contribution is 0.0456. The van der Waals surface area contributed by atoms with Crippen molar-refractivity contribution in [2.75, 3.05) is 20.2 Å². The predicted octanol–water partition coefficient (Wildman–Crippen LogP) is 2.41. The number of piperidine rings is 1. The molecule has 1 aliphatic heterocycles. The molecule has 0 saturated carbocycles. The Labute approximate surface area is 141 Å². The fourth-order valence-corrected chi connectivity index (χ4v) is 3.13. The van der Waals surface area contributed by atoms with Crippen LogP contribution in [0.1, 0.15) is 40.8 Å². The summed E-state index contributed by atoms with van der Waals surface area (Å²) in [6, 6.07) is 11.3. The Morgan fingerprint density at radius 1 is 1.38 bits per heavy atom. The summed E-state index contributed by atoms with van der Waals surface area (Å²) in [4.78, 5) is 14.2. The van der Waals surface area contributed by atoms with Crippen LogP contribution in [0.15, 0.2) is 40.9 Å². The first-order valence-electron chi connectivity index (χ1n) is 8.16. The van der Waals surface area contributed by atoms with Gasteiger partial charge in [0.2, 0.25) is 0 Å². The van der Waals surface area contributed by atoms with Crippen LogP contribution >= 0.6 is 0 Å². The van der Waals surface area contributed by atoms with E-state index in [1.807, 2.05) is 30.3 Å². The molecule has 1 N–H and O–H groups in total. The maximum atomic E-state index is 12.5. The summed E-state index contributed by atoms with van der Waals surface area (Å²) in [5.74, 6) is 0.571. The third kappa shape index (κ3) is 3.66. The van der Waals surface area contributed by atoms with E-state index in [0.29, 0.717) is 31.2 Å². The number of rotatable bonds is 5. The number of methoxy groups -OCH3 is 1. The quantitative estimate of drug-likeness (QED) is 0.911. The second-order valence-corrected chi connectivity index (χ2v) is 6.10. The van der Waals surface area contributed by atoms with Gasteiger partial charge in [-0.25, -0.2) is 0 Å². The van der Waals surface area contributed by atoms with Gasteiger partial charge >= 0.3 is 0 Å². The highest BCUT2D eigenvalue weighted by Crippen LogP contribution is 2.31. The van der Waals surface area contributed by atoms with Gasteiger partial charge < -0.3 is 19.3 Å². The van der Waals surface area contributed by atoms with Crippen molar-refractivity contribution in [3.05, 3.63) is 53.4 Å². The van der Waals surface area contributed by atoms with Crippen LogP contribution in [-0.4, -0.2) is 41.3 Å². The Balaban J connectivity index is 1.57. The van der Waals surface area contributed by atoms with E-state index in [4.69, 9.17) is 9.26 Å². The zero-order chi connectivity index (χ0) is 16.9. The van der Waals surface area contributed by atoms with Gasteiger partial charge in [0.05, 0.1) is 6.10 Å². The van der Waals surface area contributed by atoms with Crippen LogP contribution in [0.3, 0.4) is 0 Å². The van der Waals surface area contributed by atoms with E-state index in [9.17, 15) is 9.90 Å². The molecule has 1 atom stereocenters. The average Bonchev–Trinajstić information content (AvgIpc) is 3.10. The van der Waals surface area contributed by atoms with Crippen molar-refractivity contribution < 1.29 is 19.2 Å². The minimum atomic E-state index is -0.483. The zero-order valence-corrected chi connectivity index (χ0v) is 13.7. The molecule has 1 fully saturated rings. The van der Waals surface area contributed by atoms with Crippen LogP contribution in [0.25, 0.3) is 0 Å². The van der Waals surface area contributed by atoms with Gasteiger partial charge in [-0.2, -0.15) is 0 Å². The summed E-state index contributed by atoms with van der Waals surface area (Å²) in [5.41, 5.74) is 1.24. The number of benzene rings is 1. The van der Waals surface area contributed by atoms with E-state index in [0.717, 1.165) is 18.4 Å². The van der Waals surface area contributed by atoms with Gasteiger partial charge in [-0.3, -0.25) is 4.79 Å². The number of ether oxygens (including phenoxy) is 1. The number of amides is 1. The molecule has 1 saturated heterocycles. The van der Waals surface area contributed by atoms with E-state index in [-0.39, 0.29) is 11.8 Å². The fourth-order valence-electron chi connectivity index (χ4n) is 3.13. The lowest BCUT2D eigenvalue weighted by Gasteiger charge is -2.34. The third-order valence-electron chi connectivity index (χ3n) is 4.48. The molecule has 128 valence electrons. The first kappa shape index (κ1) is 16.7. The summed E-state index contributed by atoms with van der Waals surface area (Å²) < 4.78 is 10.0. The van der Waals surface area contributed by atoms with Crippen LogP contribution in [0.5, 0.6) is 0 Å². The van der Waals surface area contributed by atoms with Crippen LogP contribution in [0, 0.1) is 5.92 Å². The molecule has 6 nitrogen and oxygen atoms in total. The molecule has 0 spiro atoms. The Kier molecular flexibility index (Phi) is 5.27. The standard InChI is InChI=1S/C18H22N2O4/c1-23-12-15-11-16(19-24-15)18(22)20-9-7-14(8-10-20)17(21)13-5-3-2-4-6-13/h2-6,11,14,17,21H,7-10,12H2,1H3. The van der Waals surface area contributed by atoms with Crippen molar-refractivity contribution >= 4 is 5.91 Å². The molecular formula is C18H22N2O4. The van der Waals surface area contributed by atoms with Gasteiger partial charge in [0.25, 0.3) is 5.91 Å². The van der Waals surface area contributed by atoms with Crippen molar-refractivity contribution in [2.45, 2.75) is 25.6 Å². The molecule has 0 radical (unpaired) electrons.